The molecule has 0 radical (unpaired) electrons. The molecule has 0 aliphatic carbocycles. The Labute approximate surface area is 87.1 Å². The van der Waals surface area contributed by atoms with E-state index in [1.165, 1.54) is 0 Å². The summed E-state index contributed by atoms with van der Waals surface area (Å²) < 4.78 is 5.18. The van der Waals surface area contributed by atoms with Crippen LogP contribution in [0.25, 0.3) is 0 Å². The minimum atomic E-state index is -0.326. The fourth-order valence-corrected chi connectivity index (χ4v) is 2.00. The van der Waals surface area contributed by atoms with Gasteiger partial charge in [0.15, 0.2) is 0 Å². The third-order valence-corrected chi connectivity index (χ3v) is 3.05. The minimum absolute atomic E-state index is 0.326. The molecule has 0 saturated carbocycles. The molecule has 3 atom stereocenters. The van der Waals surface area contributed by atoms with Crippen LogP contribution in [0.5, 0.6) is 0 Å². The van der Waals surface area contributed by atoms with E-state index in [1.54, 1.807) is 0 Å². The van der Waals surface area contributed by atoms with Gasteiger partial charge in [0, 0.05) is 26.2 Å². The van der Waals surface area contributed by atoms with Crippen LogP contribution in [0.3, 0.4) is 0 Å². The molecule has 0 aromatic heterocycles. The molecule has 1 aliphatic heterocycles. The van der Waals surface area contributed by atoms with Gasteiger partial charge < -0.3 is 14.7 Å². The van der Waals surface area contributed by atoms with E-state index in [0.717, 1.165) is 31.5 Å². The average molecular weight is 201 g/mol. The number of aliphatic hydroxyl groups excluding tert-OH is 1. The molecule has 0 aromatic carbocycles. The Kier molecular flexibility index (Phi) is 4.85. The van der Waals surface area contributed by atoms with Crippen LogP contribution in [0.4, 0.5) is 0 Å². The van der Waals surface area contributed by atoms with Crippen molar-refractivity contribution in [3.63, 3.8) is 0 Å². The molecule has 0 amide bonds. The molecular weight excluding hydrogens is 178 g/mol. The van der Waals surface area contributed by atoms with Gasteiger partial charge in [-0.05, 0) is 18.8 Å². The van der Waals surface area contributed by atoms with Crippen molar-refractivity contribution in [2.45, 2.75) is 26.9 Å². The van der Waals surface area contributed by atoms with E-state index in [2.05, 4.69) is 18.7 Å². The van der Waals surface area contributed by atoms with Crippen LogP contribution in [0, 0.1) is 11.8 Å². The van der Waals surface area contributed by atoms with Crippen LogP contribution in [0.2, 0.25) is 0 Å². The molecule has 1 rings (SSSR count). The largest absolute Gasteiger partial charge is 0.389 e. The molecule has 14 heavy (non-hydrogen) atoms. The van der Waals surface area contributed by atoms with Crippen molar-refractivity contribution in [3.05, 3.63) is 0 Å². The highest BCUT2D eigenvalue weighted by Crippen LogP contribution is 2.21. The summed E-state index contributed by atoms with van der Waals surface area (Å²) in [6.07, 6.45) is -0.326. The Balaban J connectivity index is 2.18. The van der Waals surface area contributed by atoms with Gasteiger partial charge >= 0.3 is 0 Å². The quantitative estimate of drug-likeness (QED) is 0.719. The van der Waals surface area contributed by atoms with Gasteiger partial charge in [0.1, 0.15) is 0 Å². The van der Waals surface area contributed by atoms with Gasteiger partial charge in [0.05, 0.1) is 12.7 Å². The smallest absolute Gasteiger partial charge is 0.0900 e. The lowest BCUT2D eigenvalue weighted by molar-refractivity contribution is 0.0244. The molecule has 3 nitrogen and oxygen atoms in total. The van der Waals surface area contributed by atoms with Crippen LogP contribution < -0.4 is 0 Å². The van der Waals surface area contributed by atoms with Gasteiger partial charge in [-0.25, -0.2) is 0 Å². The van der Waals surface area contributed by atoms with Crippen molar-refractivity contribution < 1.29 is 9.84 Å². The monoisotopic (exact) mass is 201 g/mol. The van der Waals surface area contributed by atoms with Gasteiger partial charge in [-0.3, -0.25) is 0 Å². The van der Waals surface area contributed by atoms with Crippen molar-refractivity contribution >= 4 is 0 Å². The SMILES string of the molecule is CCOCC(O)CN1CC(C)C(C)C1. The number of rotatable bonds is 5. The van der Waals surface area contributed by atoms with Gasteiger partial charge in [0.2, 0.25) is 0 Å². The summed E-state index contributed by atoms with van der Waals surface area (Å²) in [7, 11) is 0. The highest BCUT2D eigenvalue weighted by Gasteiger charge is 2.26. The van der Waals surface area contributed by atoms with E-state index in [9.17, 15) is 5.11 Å². The lowest BCUT2D eigenvalue weighted by Gasteiger charge is -2.19. The number of aliphatic hydroxyl groups is 1. The summed E-state index contributed by atoms with van der Waals surface area (Å²) in [6, 6.07) is 0. The van der Waals surface area contributed by atoms with Crippen molar-refractivity contribution in [1.82, 2.24) is 4.90 Å². The van der Waals surface area contributed by atoms with Crippen LogP contribution in [-0.4, -0.2) is 49.0 Å². The summed E-state index contributed by atoms with van der Waals surface area (Å²) in [6.45, 7) is 10.6. The molecule has 0 bridgehead atoms. The maximum atomic E-state index is 9.65. The molecule has 0 spiro atoms. The van der Waals surface area contributed by atoms with Crippen molar-refractivity contribution in [2.24, 2.45) is 11.8 Å². The zero-order chi connectivity index (χ0) is 10.6. The molecule has 3 unspecified atom stereocenters. The highest BCUT2D eigenvalue weighted by atomic mass is 16.5. The van der Waals surface area contributed by atoms with Crippen LogP contribution in [0.15, 0.2) is 0 Å². The Morgan fingerprint density at radius 1 is 1.36 bits per heavy atom. The molecule has 3 heteroatoms. The zero-order valence-electron chi connectivity index (χ0n) is 9.57. The fourth-order valence-electron chi connectivity index (χ4n) is 2.00. The predicted octanol–water partition coefficient (Wildman–Crippen LogP) is 0.972. The number of nitrogens with zero attached hydrogens (tertiary/aromatic N) is 1. The second-order valence-electron chi connectivity index (χ2n) is 4.49. The molecule has 1 N–H and O–H groups in total. The standard InChI is InChI=1S/C11H23NO2/c1-4-14-8-11(13)7-12-5-9(2)10(3)6-12/h9-11,13H,4-8H2,1-3H3. The number of hydrogen-bond donors (Lipinski definition) is 1. The van der Waals surface area contributed by atoms with E-state index in [-0.39, 0.29) is 6.10 Å². The first-order chi connectivity index (χ1) is 6.63. The lowest BCUT2D eigenvalue weighted by atomic mass is 10.0. The van der Waals surface area contributed by atoms with E-state index >= 15 is 0 Å². The maximum Gasteiger partial charge on any atom is 0.0900 e. The summed E-state index contributed by atoms with van der Waals surface area (Å²) in [5.74, 6) is 1.52. The van der Waals surface area contributed by atoms with Crippen LogP contribution >= 0.6 is 0 Å². The molecule has 1 saturated heterocycles. The minimum Gasteiger partial charge on any atom is -0.389 e. The van der Waals surface area contributed by atoms with Crippen molar-refractivity contribution in [3.8, 4) is 0 Å². The average Bonchev–Trinajstić information content (AvgIpc) is 2.42. The zero-order valence-corrected chi connectivity index (χ0v) is 9.57. The molecule has 1 fully saturated rings. The van der Waals surface area contributed by atoms with Crippen molar-refractivity contribution in [1.29, 1.82) is 0 Å². The fraction of sp³-hybridized carbons (Fsp3) is 1.00. The van der Waals surface area contributed by atoms with Gasteiger partial charge in [-0.2, -0.15) is 0 Å². The number of likely N-dealkylation sites (tertiary alicyclic amines) is 1. The summed E-state index contributed by atoms with van der Waals surface area (Å²) in [4.78, 5) is 2.33. The highest BCUT2D eigenvalue weighted by molar-refractivity contribution is 4.79. The van der Waals surface area contributed by atoms with Gasteiger partial charge in [-0.15, -0.1) is 0 Å². The summed E-state index contributed by atoms with van der Waals surface area (Å²) >= 11 is 0. The van der Waals surface area contributed by atoms with Crippen LogP contribution in [-0.2, 0) is 4.74 Å². The number of ether oxygens (including phenoxy) is 1. The summed E-state index contributed by atoms with van der Waals surface area (Å²) in [5.41, 5.74) is 0. The number of hydrogen-bond acceptors (Lipinski definition) is 3. The summed E-state index contributed by atoms with van der Waals surface area (Å²) in [5, 5.41) is 9.65. The third kappa shape index (κ3) is 3.56. The van der Waals surface area contributed by atoms with Gasteiger partial charge in [-0.1, -0.05) is 13.8 Å². The second-order valence-corrected chi connectivity index (χ2v) is 4.49. The Morgan fingerprint density at radius 2 is 1.93 bits per heavy atom. The first-order valence-corrected chi connectivity index (χ1v) is 5.61. The molecular formula is C11H23NO2. The second kappa shape index (κ2) is 5.69. The van der Waals surface area contributed by atoms with Crippen molar-refractivity contribution in [2.75, 3.05) is 32.8 Å². The molecule has 1 heterocycles. The Morgan fingerprint density at radius 3 is 2.43 bits per heavy atom. The van der Waals surface area contributed by atoms with E-state index in [0.29, 0.717) is 13.2 Å². The van der Waals surface area contributed by atoms with E-state index in [4.69, 9.17) is 4.74 Å². The normalized spacial score (nSPS) is 30.9. The third-order valence-electron chi connectivity index (χ3n) is 3.05. The lowest BCUT2D eigenvalue weighted by Crippen LogP contribution is -2.33. The Bertz CT molecular complexity index is 153. The Hall–Kier alpha value is -0.120. The topological polar surface area (TPSA) is 32.7 Å². The maximum absolute atomic E-state index is 9.65. The van der Waals surface area contributed by atoms with Crippen LogP contribution in [0.1, 0.15) is 20.8 Å². The van der Waals surface area contributed by atoms with Gasteiger partial charge in [0.25, 0.3) is 0 Å². The molecule has 0 aromatic rings. The first kappa shape index (κ1) is 12.0. The van der Waals surface area contributed by atoms with E-state index < -0.39 is 0 Å². The first-order valence-electron chi connectivity index (χ1n) is 5.61. The number of β-amino-alcohol motifs (C(OH)–C–C–N with tert-alkyl or cyclic N) is 1. The predicted molar refractivity (Wildman–Crippen MR) is 57.3 cm³/mol. The van der Waals surface area contributed by atoms with E-state index in [1.807, 2.05) is 6.92 Å². The molecule has 84 valence electrons. The molecule has 1 aliphatic rings.